The highest BCUT2D eigenvalue weighted by Gasteiger charge is 2.33. The Bertz CT molecular complexity index is 2380. The zero-order chi connectivity index (χ0) is 40.3. The molecule has 2 unspecified atom stereocenters. The number of nitrogens with one attached hydrogen (secondary N) is 2. The average Bonchev–Trinajstić information content (AvgIpc) is 3.81. The fourth-order valence-electron chi connectivity index (χ4n) is 7.67. The number of aromatic nitrogens is 5. The number of halogens is 1. The first kappa shape index (κ1) is 40.4. The van der Waals surface area contributed by atoms with E-state index in [2.05, 4.69) is 38.6 Å². The number of pyridine rings is 1. The lowest BCUT2D eigenvalue weighted by atomic mass is 9.96. The van der Waals surface area contributed by atoms with Gasteiger partial charge < -0.3 is 25.0 Å². The van der Waals surface area contributed by atoms with Crippen molar-refractivity contribution in [2.24, 2.45) is 14.1 Å². The Morgan fingerprint density at radius 2 is 1.75 bits per heavy atom. The van der Waals surface area contributed by atoms with Gasteiger partial charge in [-0.3, -0.25) is 18.8 Å². The maximum Gasteiger partial charge on any atom is 0.332 e. The van der Waals surface area contributed by atoms with Gasteiger partial charge in [-0.25, -0.2) is 24.5 Å². The first-order chi connectivity index (χ1) is 27.0. The molecular formula is C41H50ClN9O5. The number of nitrogens with zero attached hydrogens (tertiary/aromatic N) is 7. The number of ether oxygens (including phenoxy) is 2. The summed E-state index contributed by atoms with van der Waals surface area (Å²) in [5.74, 6) is 0.880. The Morgan fingerprint density at radius 3 is 2.50 bits per heavy atom. The predicted octanol–water partition coefficient (Wildman–Crippen LogP) is 5.85. The number of rotatable bonds is 12. The van der Waals surface area contributed by atoms with E-state index < -0.39 is 11.2 Å². The van der Waals surface area contributed by atoms with Gasteiger partial charge in [0, 0.05) is 75.3 Å². The third kappa shape index (κ3) is 7.60. The molecule has 5 aromatic rings. The van der Waals surface area contributed by atoms with Crippen molar-refractivity contribution < 1.29 is 14.3 Å². The number of fused-ring (bicyclic) bond motifs is 2. The quantitative estimate of drug-likeness (QED) is 0.158. The molecule has 2 N–H and O–H groups in total. The van der Waals surface area contributed by atoms with Crippen LogP contribution in [0, 0.1) is 6.92 Å². The van der Waals surface area contributed by atoms with E-state index in [-0.39, 0.29) is 29.1 Å². The molecular weight excluding hydrogens is 734 g/mol. The van der Waals surface area contributed by atoms with Gasteiger partial charge in [0.05, 0.1) is 24.4 Å². The largest absolute Gasteiger partial charge is 0.481 e. The zero-order valence-electron chi connectivity index (χ0n) is 33.3. The molecule has 1 fully saturated rings. The molecule has 2 atom stereocenters. The lowest BCUT2D eigenvalue weighted by Crippen LogP contribution is -2.37. The number of benzene rings is 2. The van der Waals surface area contributed by atoms with E-state index in [4.69, 9.17) is 26.1 Å². The summed E-state index contributed by atoms with van der Waals surface area (Å²) < 4.78 is 13.5. The second-order valence-corrected chi connectivity index (χ2v) is 14.3. The van der Waals surface area contributed by atoms with Crippen LogP contribution in [0.3, 0.4) is 0 Å². The van der Waals surface area contributed by atoms with Crippen LogP contribution in [0.4, 0.5) is 16.3 Å². The fraction of sp³-hybridized carbons (Fsp3) is 0.415. The Morgan fingerprint density at radius 1 is 1.02 bits per heavy atom. The summed E-state index contributed by atoms with van der Waals surface area (Å²) in [6, 6.07) is 14.0. The summed E-state index contributed by atoms with van der Waals surface area (Å²) in [4.78, 5) is 55.8. The van der Waals surface area contributed by atoms with Crippen LogP contribution < -0.4 is 26.6 Å². The molecule has 7 rings (SSSR count). The molecule has 2 aromatic carbocycles. The van der Waals surface area contributed by atoms with Crippen LogP contribution in [0.15, 0.2) is 58.4 Å². The number of aryl methyl sites for hydroxylation is 2. The predicted molar refractivity (Wildman–Crippen MR) is 220 cm³/mol. The van der Waals surface area contributed by atoms with Gasteiger partial charge in [-0.1, -0.05) is 55.8 Å². The third-order valence-corrected chi connectivity index (χ3v) is 11.1. The van der Waals surface area contributed by atoms with Gasteiger partial charge in [-0.2, -0.15) is 0 Å². The maximum absolute atomic E-state index is 13.2. The minimum absolute atomic E-state index is 0.0363. The van der Waals surface area contributed by atoms with E-state index in [1.54, 1.807) is 26.2 Å². The van der Waals surface area contributed by atoms with E-state index in [1.807, 2.05) is 57.2 Å². The molecule has 0 radical (unpaired) electrons. The highest BCUT2D eigenvalue weighted by molar-refractivity contribution is 6.36. The second kappa shape index (κ2) is 17.2. The van der Waals surface area contributed by atoms with Crippen LogP contribution in [0.2, 0.25) is 5.02 Å². The van der Waals surface area contributed by atoms with E-state index in [0.29, 0.717) is 36.4 Å². The molecule has 15 heteroatoms. The van der Waals surface area contributed by atoms with Gasteiger partial charge in [0.2, 0.25) is 5.88 Å². The van der Waals surface area contributed by atoms with Crippen LogP contribution in [0.5, 0.6) is 5.88 Å². The van der Waals surface area contributed by atoms with E-state index >= 15 is 0 Å². The van der Waals surface area contributed by atoms with Crippen LogP contribution in [-0.2, 0) is 25.3 Å². The van der Waals surface area contributed by atoms with Crippen molar-refractivity contribution >= 4 is 40.2 Å². The van der Waals surface area contributed by atoms with Crippen LogP contribution >= 0.6 is 11.6 Å². The molecule has 0 bridgehead atoms. The first-order valence-corrected chi connectivity index (χ1v) is 19.3. The number of anilines is 2. The van der Waals surface area contributed by atoms with Gasteiger partial charge in [0.25, 0.3) is 5.56 Å². The van der Waals surface area contributed by atoms with Gasteiger partial charge in [-0.05, 0) is 62.1 Å². The Labute approximate surface area is 331 Å². The lowest BCUT2D eigenvalue weighted by Gasteiger charge is -2.27. The fourth-order valence-corrected chi connectivity index (χ4v) is 8.00. The third-order valence-electron chi connectivity index (χ3n) is 10.7. The van der Waals surface area contributed by atoms with E-state index in [0.717, 1.165) is 69.6 Å². The molecule has 296 valence electrons. The Kier molecular flexibility index (Phi) is 12.4. The first-order valence-electron chi connectivity index (χ1n) is 18.9. The molecule has 14 nitrogen and oxygen atoms in total. The van der Waals surface area contributed by atoms with Crippen molar-refractivity contribution in [3.8, 4) is 28.3 Å². The number of carbonyl (C=O) groups excluding carboxylic acids is 1. The molecule has 0 saturated carbocycles. The number of hydrogen-bond acceptors (Lipinski definition) is 10. The summed E-state index contributed by atoms with van der Waals surface area (Å²) in [6.45, 7) is 8.56. The average molecular weight is 784 g/mol. The summed E-state index contributed by atoms with van der Waals surface area (Å²) in [7, 11) is 8.42. The number of methoxy groups -OCH3 is 2. The van der Waals surface area contributed by atoms with Gasteiger partial charge >= 0.3 is 11.7 Å². The summed E-state index contributed by atoms with van der Waals surface area (Å²) in [5.41, 5.74) is 6.38. The topological polar surface area (TPSA) is 149 Å². The molecule has 1 saturated heterocycles. The standard InChI is InChI=1S/C39H44ClN9O5.C2H6/c1-22-25(9-8-12-28(22)44-34-32-35(42-21-41-34)47(3)39(52)48(4)37(32)50)26-10-7-11-27(33(26)40)29-19-23-13-14-30(31(23)36(45-29)54-6)46(2)16-15-24-20-49(17-18-53-5)38(51)43-24;1-2/h7-12,19,21,24,30H,13-18,20H2,1-6H3,(H,43,51)(H,41,42,44);1-2H3. The maximum atomic E-state index is 13.2. The summed E-state index contributed by atoms with van der Waals surface area (Å²) >= 11 is 7.24. The molecule has 1 aliphatic carbocycles. The second-order valence-electron chi connectivity index (χ2n) is 13.9. The number of urea groups is 1. The molecule has 2 aliphatic rings. The van der Waals surface area contributed by atoms with Crippen molar-refractivity contribution in [1.29, 1.82) is 0 Å². The molecule has 4 heterocycles. The van der Waals surface area contributed by atoms with Gasteiger partial charge in [0.15, 0.2) is 5.65 Å². The van der Waals surface area contributed by atoms with Crippen molar-refractivity contribution in [3.05, 3.63) is 91.3 Å². The minimum atomic E-state index is -0.486. The normalized spacial score (nSPS) is 16.2. The van der Waals surface area contributed by atoms with Crippen LogP contribution in [0.1, 0.15) is 49.4 Å². The molecule has 0 spiro atoms. The molecule has 1 aliphatic heterocycles. The number of amides is 2. The number of carbonyl (C=O) groups is 1. The zero-order valence-corrected chi connectivity index (χ0v) is 34.0. The minimum Gasteiger partial charge on any atom is -0.481 e. The van der Waals surface area contributed by atoms with Crippen molar-refractivity contribution in [2.45, 2.75) is 52.1 Å². The SMILES string of the molecule is CC.COCCN1CC(CCN(C)C2CCc3cc(-c4cccc(-c5cccc(Nc6ncnc7c6c(=O)n(C)c(=O)n7C)c5C)c4Cl)nc(OC)c32)NC1=O. The van der Waals surface area contributed by atoms with Crippen LogP contribution in [-0.4, -0.2) is 93.5 Å². The van der Waals surface area contributed by atoms with E-state index in [9.17, 15) is 14.4 Å². The highest BCUT2D eigenvalue weighted by Crippen LogP contribution is 2.44. The van der Waals surface area contributed by atoms with Crippen molar-refractivity contribution in [3.63, 3.8) is 0 Å². The molecule has 56 heavy (non-hydrogen) atoms. The smallest absolute Gasteiger partial charge is 0.332 e. The van der Waals surface area contributed by atoms with Gasteiger partial charge in [-0.15, -0.1) is 0 Å². The number of hydrogen-bond donors (Lipinski definition) is 2. The Hall–Kier alpha value is -5.31. The monoisotopic (exact) mass is 783 g/mol. The summed E-state index contributed by atoms with van der Waals surface area (Å²) in [5, 5.41) is 7.18. The molecule has 3 aromatic heterocycles. The van der Waals surface area contributed by atoms with Crippen LogP contribution in [0.25, 0.3) is 33.4 Å². The highest BCUT2D eigenvalue weighted by atomic mass is 35.5. The van der Waals surface area contributed by atoms with Gasteiger partial charge in [0.1, 0.15) is 17.5 Å². The van der Waals surface area contributed by atoms with E-state index in [1.165, 1.54) is 23.5 Å². The Balaban J connectivity index is 0.00000262. The lowest BCUT2D eigenvalue weighted by molar-refractivity contribution is 0.160. The van der Waals surface area contributed by atoms with Crippen molar-refractivity contribution in [2.75, 3.05) is 52.8 Å². The summed E-state index contributed by atoms with van der Waals surface area (Å²) in [6.07, 6.45) is 3.97. The molecule has 2 amide bonds. The van der Waals surface area contributed by atoms with Crippen molar-refractivity contribution in [1.82, 2.24) is 39.2 Å².